The molecule has 150 valence electrons. The van der Waals surface area contributed by atoms with E-state index in [0.717, 1.165) is 37.5 Å². The van der Waals surface area contributed by atoms with Crippen molar-refractivity contribution in [2.45, 2.75) is 31.5 Å². The van der Waals surface area contributed by atoms with E-state index in [4.69, 9.17) is 4.74 Å². The number of fused-ring (bicyclic) bond motifs is 3. The summed E-state index contributed by atoms with van der Waals surface area (Å²) in [5.74, 6) is 0. The first-order valence-electron chi connectivity index (χ1n) is 9.48. The fourth-order valence-electron chi connectivity index (χ4n) is 4.14. The molecule has 1 saturated heterocycles. The lowest BCUT2D eigenvalue weighted by molar-refractivity contribution is -0.137. The molecule has 29 heavy (non-hydrogen) atoms. The minimum Gasteiger partial charge on any atom is -0.368 e. The predicted octanol–water partition coefficient (Wildman–Crippen LogP) is 3.92. The number of benzene rings is 2. The highest BCUT2D eigenvalue weighted by Crippen LogP contribution is 2.36. The van der Waals surface area contributed by atoms with Crippen LogP contribution in [0.3, 0.4) is 0 Å². The quantitative estimate of drug-likeness (QED) is 0.669. The zero-order valence-corrected chi connectivity index (χ0v) is 15.5. The first-order chi connectivity index (χ1) is 14.0. The summed E-state index contributed by atoms with van der Waals surface area (Å²) in [6, 6.07) is 15.3. The molecule has 0 saturated carbocycles. The standard InChI is InChI=1S/C21H19F3N4O/c22-21(23,24)16-8-6-15(7-9-16)20-18-13-29-19-12-27(10-14-4-2-1-3-5-14)11-17(19)28(18)26-25-20/h1-9,17,19H,10-13H2/t17-,19-/m1/s1. The number of hydrogen-bond donors (Lipinski definition) is 0. The molecule has 0 unspecified atom stereocenters. The molecule has 1 aromatic heterocycles. The Morgan fingerprint density at radius 2 is 1.76 bits per heavy atom. The number of halogens is 3. The molecule has 5 nitrogen and oxygen atoms in total. The van der Waals surface area contributed by atoms with E-state index in [9.17, 15) is 13.2 Å². The Kier molecular flexibility index (Phi) is 4.40. The Hall–Kier alpha value is -2.71. The van der Waals surface area contributed by atoms with E-state index >= 15 is 0 Å². The van der Waals surface area contributed by atoms with Gasteiger partial charge in [0, 0.05) is 25.2 Å². The summed E-state index contributed by atoms with van der Waals surface area (Å²) < 4.78 is 46.4. The van der Waals surface area contributed by atoms with E-state index in [-0.39, 0.29) is 12.1 Å². The van der Waals surface area contributed by atoms with Gasteiger partial charge in [-0.15, -0.1) is 5.10 Å². The Balaban J connectivity index is 1.37. The molecule has 2 aromatic carbocycles. The number of rotatable bonds is 3. The van der Waals surface area contributed by atoms with Gasteiger partial charge in [-0.1, -0.05) is 47.7 Å². The molecule has 0 radical (unpaired) electrons. The third kappa shape index (κ3) is 3.42. The highest BCUT2D eigenvalue weighted by atomic mass is 19.4. The second-order valence-electron chi connectivity index (χ2n) is 7.50. The molecule has 1 fully saturated rings. The molecule has 3 heterocycles. The average Bonchev–Trinajstić information content (AvgIpc) is 3.31. The number of aromatic nitrogens is 3. The van der Waals surface area contributed by atoms with Crippen LogP contribution in [0.25, 0.3) is 11.3 Å². The summed E-state index contributed by atoms with van der Waals surface area (Å²) in [5.41, 5.74) is 2.58. The van der Waals surface area contributed by atoms with Crippen molar-refractivity contribution in [2.75, 3.05) is 13.1 Å². The summed E-state index contributed by atoms with van der Waals surface area (Å²) in [4.78, 5) is 2.33. The van der Waals surface area contributed by atoms with E-state index in [2.05, 4.69) is 27.3 Å². The van der Waals surface area contributed by atoms with Crippen LogP contribution in [0.15, 0.2) is 54.6 Å². The fraction of sp³-hybridized carbons (Fsp3) is 0.333. The molecule has 0 N–H and O–H groups in total. The van der Waals surface area contributed by atoms with Gasteiger partial charge in [0.15, 0.2) is 0 Å². The Bertz CT molecular complexity index is 1000. The highest BCUT2D eigenvalue weighted by molar-refractivity contribution is 5.62. The topological polar surface area (TPSA) is 43.2 Å². The van der Waals surface area contributed by atoms with Gasteiger partial charge >= 0.3 is 6.18 Å². The van der Waals surface area contributed by atoms with Gasteiger partial charge in [-0.25, -0.2) is 4.68 Å². The second kappa shape index (κ2) is 6.96. The van der Waals surface area contributed by atoms with Crippen molar-refractivity contribution in [3.8, 4) is 11.3 Å². The van der Waals surface area contributed by atoms with E-state index in [1.165, 1.54) is 17.7 Å². The largest absolute Gasteiger partial charge is 0.416 e. The van der Waals surface area contributed by atoms with Crippen LogP contribution in [0.1, 0.15) is 22.9 Å². The smallest absolute Gasteiger partial charge is 0.368 e. The number of ether oxygens (including phenoxy) is 1. The molecule has 0 aliphatic carbocycles. The molecule has 0 bridgehead atoms. The monoisotopic (exact) mass is 400 g/mol. The predicted molar refractivity (Wildman–Crippen MR) is 99.8 cm³/mol. The van der Waals surface area contributed by atoms with E-state index < -0.39 is 11.7 Å². The van der Waals surface area contributed by atoms with Gasteiger partial charge in [0.05, 0.1) is 30.0 Å². The fourth-order valence-corrected chi connectivity index (χ4v) is 4.14. The third-order valence-electron chi connectivity index (χ3n) is 5.59. The van der Waals surface area contributed by atoms with Crippen LogP contribution in [0.5, 0.6) is 0 Å². The van der Waals surface area contributed by atoms with Crippen molar-refractivity contribution in [3.05, 3.63) is 71.4 Å². The summed E-state index contributed by atoms with van der Waals surface area (Å²) >= 11 is 0. The van der Waals surface area contributed by atoms with Crippen molar-refractivity contribution in [3.63, 3.8) is 0 Å². The van der Waals surface area contributed by atoms with Crippen molar-refractivity contribution < 1.29 is 17.9 Å². The van der Waals surface area contributed by atoms with Crippen molar-refractivity contribution in [1.29, 1.82) is 0 Å². The molecule has 0 amide bonds. The Morgan fingerprint density at radius 1 is 1.00 bits per heavy atom. The maximum atomic E-state index is 12.8. The first-order valence-corrected chi connectivity index (χ1v) is 9.48. The number of hydrogen-bond acceptors (Lipinski definition) is 4. The summed E-state index contributed by atoms with van der Waals surface area (Å²) in [6.07, 6.45) is -4.32. The summed E-state index contributed by atoms with van der Waals surface area (Å²) in [6.45, 7) is 2.80. The first kappa shape index (κ1) is 18.3. The van der Waals surface area contributed by atoms with Crippen molar-refractivity contribution >= 4 is 0 Å². The van der Waals surface area contributed by atoms with Crippen LogP contribution in [-0.4, -0.2) is 39.1 Å². The van der Waals surface area contributed by atoms with Crippen LogP contribution in [-0.2, 0) is 24.1 Å². The summed E-state index contributed by atoms with van der Waals surface area (Å²) in [5, 5.41) is 8.59. The lowest BCUT2D eigenvalue weighted by atomic mass is 10.1. The van der Waals surface area contributed by atoms with Crippen LogP contribution >= 0.6 is 0 Å². The van der Waals surface area contributed by atoms with Gasteiger partial charge in [0.2, 0.25) is 0 Å². The molecule has 5 rings (SSSR count). The molecule has 2 aliphatic heterocycles. The highest BCUT2D eigenvalue weighted by Gasteiger charge is 2.40. The zero-order valence-electron chi connectivity index (χ0n) is 15.5. The maximum Gasteiger partial charge on any atom is 0.416 e. The van der Waals surface area contributed by atoms with Crippen molar-refractivity contribution in [1.82, 2.24) is 19.9 Å². The zero-order chi connectivity index (χ0) is 20.0. The number of nitrogens with zero attached hydrogens (tertiary/aromatic N) is 4. The molecule has 2 aliphatic rings. The Morgan fingerprint density at radius 3 is 2.48 bits per heavy atom. The number of likely N-dealkylation sites (tertiary alicyclic amines) is 1. The van der Waals surface area contributed by atoms with Crippen molar-refractivity contribution in [2.24, 2.45) is 0 Å². The minimum atomic E-state index is -4.35. The van der Waals surface area contributed by atoms with Gasteiger partial charge < -0.3 is 4.74 Å². The van der Waals surface area contributed by atoms with Gasteiger partial charge in [-0.3, -0.25) is 4.90 Å². The lowest BCUT2D eigenvalue weighted by Crippen LogP contribution is -2.32. The van der Waals surface area contributed by atoms with Gasteiger partial charge in [-0.2, -0.15) is 13.2 Å². The Labute approximate surface area is 165 Å². The van der Waals surface area contributed by atoms with Gasteiger partial charge in [0.25, 0.3) is 0 Å². The van der Waals surface area contributed by atoms with Crippen LogP contribution in [0.4, 0.5) is 13.2 Å². The minimum absolute atomic E-state index is 0.0355. The van der Waals surface area contributed by atoms with E-state index in [1.807, 2.05) is 22.9 Å². The van der Waals surface area contributed by atoms with Crippen LogP contribution < -0.4 is 0 Å². The second-order valence-corrected chi connectivity index (χ2v) is 7.50. The molecule has 3 aromatic rings. The van der Waals surface area contributed by atoms with Crippen LogP contribution in [0, 0.1) is 0 Å². The van der Waals surface area contributed by atoms with Crippen LogP contribution in [0.2, 0.25) is 0 Å². The molecule has 2 atom stereocenters. The third-order valence-corrected chi connectivity index (χ3v) is 5.59. The molecule has 0 spiro atoms. The van der Waals surface area contributed by atoms with E-state index in [1.54, 1.807) is 0 Å². The molecular formula is C21H19F3N4O. The van der Waals surface area contributed by atoms with E-state index in [0.29, 0.717) is 17.9 Å². The number of alkyl halides is 3. The molecule has 8 heteroatoms. The van der Waals surface area contributed by atoms with Gasteiger partial charge in [0.1, 0.15) is 5.69 Å². The maximum absolute atomic E-state index is 12.8. The van der Waals surface area contributed by atoms with Gasteiger partial charge in [-0.05, 0) is 17.7 Å². The normalized spacial score (nSPS) is 21.8. The SMILES string of the molecule is FC(F)(F)c1ccc(-c2nnn3c2CO[C@@H]2CN(Cc4ccccc4)C[C@H]23)cc1. The molecular weight excluding hydrogens is 381 g/mol. The lowest BCUT2D eigenvalue weighted by Gasteiger charge is -2.26. The average molecular weight is 400 g/mol. The summed E-state index contributed by atoms with van der Waals surface area (Å²) in [7, 11) is 0.